The summed E-state index contributed by atoms with van der Waals surface area (Å²) < 4.78 is 37.9. The maximum absolute atomic E-state index is 13.4. The van der Waals surface area contributed by atoms with Crippen LogP contribution in [-0.4, -0.2) is 20.5 Å². The van der Waals surface area contributed by atoms with E-state index in [0.29, 0.717) is 22.0 Å². The van der Waals surface area contributed by atoms with Crippen LogP contribution in [0.1, 0.15) is 5.56 Å². The Bertz CT molecular complexity index is 1330. The molecule has 0 saturated heterocycles. The Morgan fingerprint density at radius 3 is 2.45 bits per heavy atom. The van der Waals surface area contributed by atoms with Crippen LogP contribution >= 0.6 is 11.6 Å². The van der Waals surface area contributed by atoms with Gasteiger partial charge in [-0.2, -0.15) is 4.98 Å². The molecule has 1 heterocycles. The van der Waals surface area contributed by atoms with Crippen molar-refractivity contribution in [1.29, 1.82) is 0 Å². The summed E-state index contributed by atoms with van der Waals surface area (Å²) in [5.41, 5.74) is 2.21. The predicted molar refractivity (Wildman–Crippen MR) is 120 cm³/mol. The molecule has 4 aromatic rings. The fourth-order valence-electron chi connectivity index (χ4n) is 3.05. The smallest absolute Gasteiger partial charge is 0.238 e. The molecule has 0 atom stereocenters. The number of ether oxygens (including phenoxy) is 1. The fourth-order valence-corrected chi connectivity index (χ4v) is 4.44. The summed E-state index contributed by atoms with van der Waals surface area (Å²) in [5, 5.41) is 3.26. The highest BCUT2D eigenvalue weighted by atomic mass is 35.5. The SMILES string of the molecule is COc1cccc(Nc2oc(-c3ccccc3C)nc2S(=O)(=O)c2ccc(Cl)cc2)c1. The van der Waals surface area contributed by atoms with E-state index in [2.05, 4.69) is 10.3 Å². The number of sulfone groups is 1. The molecule has 3 aromatic carbocycles. The number of aryl methyl sites for hydroxylation is 1. The molecule has 8 heteroatoms. The van der Waals surface area contributed by atoms with E-state index < -0.39 is 9.84 Å². The topological polar surface area (TPSA) is 81.4 Å². The summed E-state index contributed by atoms with van der Waals surface area (Å²) >= 11 is 5.92. The van der Waals surface area contributed by atoms with Crippen LogP contribution in [0.5, 0.6) is 5.75 Å². The second kappa shape index (κ2) is 8.45. The summed E-state index contributed by atoms with van der Waals surface area (Å²) in [7, 11) is -2.42. The molecule has 4 rings (SSSR count). The molecular formula is C23H19ClN2O4S. The van der Waals surface area contributed by atoms with E-state index in [0.717, 1.165) is 5.56 Å². The van der Waals surface area contributed by atoms with Gasteiger partial charge < -0.3 is 14.5 Å². The molecule has 0 aliphatic rings. The summed E-state index contributed by atoms with van der Waals surface area (Å²) in [6.45, 7) is 1.90. The molecule has 1 aromatic heterocycles. The molecule has 158 valence electrons. The van der Waals surface area contributed by atoms with Crippen LogP contribution in [0.15, 0.2) is 87.1 Å². The van der Waals surface area contributed by atoms with Crippen LogP contribution in [-0.2, 0) is 9.84 Å². The minimum atomic E-state index is -3.98. The Labute approximate surface area is 185 Å². The number of aromatic nitrogens is 1. The first-order valence-electron chi connectivity index (χ1n) is 9.37. The number of anilines is 2. The number of oxazole rings is 1. The van der Waals surface area contributed by atoms with Gasteiger partial charge in [0.2, 0.25) is 26.6 Å². The Morgan fingerprint density at radius 2 is 1.74 bits per heavy atom. The first kappa shape index (κ1) is 21.0. The molecule has 0 aliphatic carbocycles. The van der Waals surface area contributed by atoms with Crippen molar-refractivity contribution in [1.82, 2.24) is 4.98 Å². The number of methoxy groups -OCH3 is 1. The Kier molecular flexibility index (Phi) is 5.71. The zero-order valence-corrected chi connectivity index (χ0v) is 18.4. The highest BCUT2D eigenvalue weighted by Gasteiger charge is 2.29. The number of rotatable bonds is 6. The van der Waals surface area contributed by atoms with Crippen molar-refractivity contribution in [2.75, 3.05) is 12.4 Å². The number of benzene rings is 3. The van der Waals surface area contributed by atoms with Crippen LogP contribution in [0.2, 0.25) is 5.02 Å². The van der Waals surface area contributed by atoms with E-state index in [1.54, 1.807) is 31.4 Å². The van der Waals surface area contributed by atoms with Crippen LogP contribution in [0.3, 0.4) is 0 Å². The Balaban J connectivity index is 1.86. The molecule has 0 aliphatic heterocycles. The monoisotopic (exact) mass is 454 g/mol. The van der Waals surface area contributed by atoms with Gasteiger partial charge in [0.05, 0.1) is 12.0 Å². The number of nitrogens with zero attached hydrogens (tertiary/aromatic N) is 1. The number of hydrogen-bond acceptors (Lipinski definition) is 6. The summed E-state index contributed by atoms with van der Waals surface area (Å²) in [6.07, 6.45) is 0. The van der Waals surface area contributed by atoms with Gasteiger partial charge in [0, 0.05) is 22.3 Å². The molecule has 0 radical (unpaired) electrons. The van der Waals surface area contributed by atoms with Crippen LogP contribution in [0.25, 0.3) is 11.5 Å². The van der Waals surface area contributed by atoms with Gasteiger partial charge in [0.1, 0.15) is 5.75 Å². The largest absolute Gasteiger partial charge is 0.497 e. The zero-order chi connectivity index (χ0) is 22.0. The molecule has 31 heavy (non-hydrogen) atoms. The third-order valence-electron chi connectivity index (χ3n) is 4.68. The molecule has 0 unspecified atom stereocenters. The zero-order valence-electron chi connectivity index (χ0n) is 16.8. The van der Waals surface area contributed by atoms with Crippen molar-refractivity contribution in [3.8, 4) is 17.2 Å². The number of nitrogens with one attached hydrogen (secondary N) is 1. The van der Waals surface area contributed by atoms with E-state index in [1.165, 1.54) is 24.3 Å². The van der Waals surface area contributed by atoms with Crippen LogP contribution in [0, 0.1) is 6.92 Å². The van der Waals surface area contributed by atoms with E-state index in [-0.39, 0.29) is 21.7 Å². The normalized spacial score (nSPS) is 11.3. The van der Waals surface area contributed by atoms with Gasteiger partial charge in [-0.1, -0.05) is 35.9 Å². The minimum absolute atomic E-state index is 0.0152. The van der Waals surface area contributed by atoms with Gasteiger partial charge in [0.15, 0.2) is 0 Å². The average Bonchev–Trinajstić information content (AvgIpc) is 3.19. The maximum atomic E-state index is 13.4. The molecule has 0 fully saturated rings. The first-order valence-corrected chi connectivity index (χ1v) is 11.2. The van der Waals surface area contributed by atoms with E-state index in [1.807, 2.05) is 31.2 Å². The minimum Gasteiger partial charge on any atom is -0.497 e. The molecule has 0 spiro atoms. The van der Waals surface area contributed by atoms with Crippen molar-refractivity contribution in [3.63, 3.8) is 0 Å². The predicted octanol–water partition coefficient (Wildman–Crippen LogP) is 5.89. The summed E-state index contributed by atoms with van der Waals surface area (Å²) in [4.78, 5) is 4.43. The number of halogens is 1. The highest BCUT2D eigenvalue weighted by molar-refractivity contribution is 7.91. The second-order valence-corrected chi connectivity index (χ2v) is 9.08. The molecule has 6 nitrogen and oxygen atoms in total. The van der Waals surface area contributed by atoms with E-state index >= 15 is 0 Å². The van der Waals surface area contributed by atoms with Crippen LogP contribution in [0.4, 0.5) is 11.6 Å². The maximum Gasteiger partial charge on any atom is 0.238 e. The van der Waals surface area contributed by atoms with E-state index in [4.69, 9.17) is 20.8 Å². The molecule has 1 N–H and O–H groups in total. The third-order valence-corrected chi connectivity index (χ3v) is 6.61. The molecule has 0 amide bonds. The lowest BCUT2D eigenvalue weighted by molar-refractivity contribution is 0.415. The van der Waals surface area contributed by atoms with Gasteiger partial charge in [-0.25, -0.2) is 8.42 Å². The van der Waals surface area contributed by atoms with Gasteiger partial charge >= 0.3 is 0 Å². The Hall–Kier alpha value is -3.29. The van der Waals surface area contributed by atoms with Crippen molar-refractivity contribution < 1.29 is 17.6 Å². The molecule has 0 saturated carbocycles. The second-order valence-electron chi connectivity index (χ2n) is 6.78. The lowest BCUT2D eigenvalue weighted by atomic mass is 10.1. The Morgan fingerprint density at radius 1 is 1.00 bits per heavy atom. The number of hydrogen-bond donors (Lipinski definition) is 1. The van der Waals surface area contributed by atoms with Crippen molar-refractivity contribution in [2.24, 2.45) is 0 Å². The van der Waals surface area contributed by atoms with Crippen molar-refractivity contribution in [3.05, 3.63) is 83.4 Å². The first-order chi connectivity index (χ1) is 14.9. The van der Waals surface area contributed by atoms with Crippen molar-refractivity contribution in [2.45, 2.75) is 16.8 Å². The third kappa shape index (κ3) is 4.28. The quantitative estimate of drug-likeness (QED) is 0.391. The van der Waals surface area contributed by atoms with Gasteiger partial charge in [-0.3, -0.25) is 0 Å². The van der Waals surface area contributed by atoms with Crippen LogP contribution < -0.4 is 10.1 Å². The fraction of sp³-hybridized carbons (Fsp3) is 0.0870. The summed E-state index contributed by atoms with van der Waals surface area (Å²) in [6, 6.07) is 20.5. The van der Waals surface area contributed by atoms with Gasteiger partial charge in [0.25, 0.3) is 0 Å². The molecule has 0 bridgehead atoms. The highest BCUT2D eigenvalue weighted by Crippen LogP contribution is 2.35. The van der Waals surface area contributed by atoms with E-state index in [9.17, 15) is 8.42 Å². The average molecular weight is 455 g/mol. The van der Waals surface area contributed by atoms with Gasteiger partial charge in [-0.15, -0.1) is 0 Å². The molecular weight excluding hydrogens is 436 g/mol. The lowest BCUT2D eigenvalue weighted by Gasteiger charge is -2.07. The standard InChI is InChI=1S/C23H19ClN2O4S/c1-15-6-3-4-9-20(15)21-26-23(31(27,28)19-12-10-16(24)11-13-19)22(30-21)25-17-7-5-8-18(14-17)29-2/h3-14,25H,1-2H3. The van der Waals surface area contributed by atoms with Crippen molar-refractivity contribution >= 4 is 33.0 Å². The lowest BCUT2D eigenvalue weighted by Crippen LogP contribution is -2.05. The summed E-state index contributed by atoms with van der Waals surface area (Å²) in [5.74, 6) is 0.836. The van der Waals surface area contributed by atoms with Gasteiger partial charge in [-0.05, 0) is 55.0 Å².